The lowest BCUT2D eigenvalue weighted by molar-refractivity contribution is -0.122. The topological polar surface area (TPSA) is 98.2 Å². The van der Waals surface area contributed by atoms with Gasteiger partial charge in [0.15, 0.2) is 16.7 Å². The number of aryl methyl sites for hydroxylation is 1. The molecule has 0 aromatic heterocycles. The number of rotatable bonds is 5. The molecular weight excluding hydrogens is 442 g/mol. The second-order valence-electron chi connectivity index (χ2n) is 6.89. The van der Waals surface area contributed by atoms with E-state index in [-0.39, 0.29) is 18.2 Å². The summed E-state index contributed by atoms with van der Waals surface area (Å²) in [7, 11) is 1.50. The van der Waals surface area contributed by atoms with E-state index in [9.17, 15) is 9.59 Å². The van der Waals surface area contributed by atoms with Crippen LogP contribution in [0, 0.1) is 6.92 Å². The zero-order chi connectivity index (χ0) is 22.0. The van der Waals surface area contributed by atoms with E-state index in [4.69, 9.17) is 25.8 Å². The highest BCUT2D eigenvalue weighted by Gasteiger charge is 2.32. The van der Waals surface area contributed by atoms with Gasteiger partial charge in [0.25, 0.3) is 0 Å². The van der Waals surface area contributed by atoms with E-state index in [1.807, 2.05) is 6.92 Å². The molecule has 2 aliphatic heterocycles. The Morgan fingerprint density at radius 3 is 2.84 bits per heavy atom. The number of amidine groups is 1. The third-order valence-electron chi connectivity index (χ3n) is 4.66. The number of fused-ring (bicyclic) bond motifs is 1. The maximum atomic E-state index is 12.5. The molecule has 8 nitrogen and oxygen atoms in total. The van der Waals surface area contributed by atoms with Crippen molar-refractivity contribution in [1.29, 1.82) is 0 Å². The Labute approximate surface area is 188 Å². The molecule has 10 heteroatoms. The van der Waals surface area contributed by atoms with Crippen molar-refractivity contribution in [3.8, 4) is 17.2 Å². The van der Waals surface area contributed by atoms with Gasteiger partial charge in [0.1, 0.15) is 24.2 Å². The summed E-state index contributed by atoms with van der Waals surface area (Å²) in [6, 6.07) is 8.69. The third-order valence-corrected chi connectivity index (χ3v) is 6.15. The lowest BCUT2D eigenvalue weighted by Gasteiger charge is -2.18. The zero-order valence-corrected chi connectivity index (χ0v) is 18.4. The van der Waals surface area contributed by atoms with Gasteiger partial charge in [-0.25, -0.2) is 4.99 Å². The summed E-state index contributed by atoms with van der Waals surface area (Å²) in [6.45, 7) is 2.82. The SMILES string of the molecule is COc1cc(Cl)c(C)cc1NC(=O)CC1SC(=Nc2ccc3c(c2)OCCO3)NC1=O. The van der Waals surface area contributed by atoms with E-state index in [0.29, 0.717) is 52.0 Å². The molecule has 2 aromatic carbocycles. The average Bonchev–Trinajstić information content (AvgIpc) is 3.08. The molecule has 2 heterocycles. The van der Waals surface area contributed by atoms with Crippen LogP contribution in [0.2, 0.25) is 5.02 Å². The van der Waals surface area contributed by atoms with Crippen LogP contribution in [-0.4, -0.2) is 42.6 Å². The van der Waals surface area contributed by atoms with E-state index < -0.39 is 5.25 Å². The van der Waals surface area contributed by atoms with E-state index in [0.717, 1.165) is 5.56 Å². The van der Waals surface area contributed by atoms with Crippen LogP contribution in [0.3, 0.4) is 0 Å². The number of nitrogens with one attached hydrogen (secondary N) is 2. The number of carbonyl (C=O) groups excluding carboxylic acids is 2. The monoisotopic (exact) mass is 461 g/mol. The first-order chi connectivity index (χ1) is 14.9. The van der Waals surface area contributed by atoms with E-state index in [1.165, 1.54) is 18.9 Å². The number of nitrogens with zero attached hydrogens (tertiary/aromatic N) is 1. The van der Waals surface area contributed by atoms with Gasteiger partial charge in [0.2, 0.25) is 11.8 Å². The Hall–Kier alpha value is -2.91. The molecule has 0 spiro atoms. The van der Waals surface area contributed by atoms with Crippen molar-refractivity contribution in [2.45, 2.75) is 18.6 Å². The number of thioether (sulfide) groups is 1. The standard InChI is InChI=1S/C21H20ClN3O5S/c1-11-7-14(16(28-2)9-13(11)22)24-19(26)10-18-20(27)25-21(31-18)23-12-3-4-15-17(8-12)30-6-5-29-15/h3-4,7-9,18H,5-6,10H2,1-2H3,(H,24,26)(H,23,25,27). The number of carbonyl (C=O) groups is 2. The molecule has 1 atom stereocenters. The van der Waals surface area contributed by atoms with Gasteiger partial charge in [0.05, 0.1) is 18.5 Å². The highest BCUT2D eigenvalue weighted by molar-refractivity contribution is 8.15. The first kappa shape index (κ1) is 21.3. The molecule has 4 rings (SSSR count). The Bertz CT molecular complexity index is 1080. The number of halogens is 1. The molecule has 162 valence electrons. The molecule has 2 amide bonds. The summed E-state index contributed by atoms with van der Waals surface area (Å²) in [5.74, 6) is 1.16. The predicted molar refractivity (Wildman–Crippen MR) is 120 cm³/mol. The maximum Gasteiger partial charge on any atom is 0.240 e. The molecule has 1 unspecified atom stereocenters. The number of hydrogen-bond donors (Lipinski definition) is 2. The van der Waals surface area contributed by atoms with Crippen molar-refractivity contribution in [1.82, 2.24) is 5.32 Å². The van der Waals surface area contributed by atoms with Crippen molar-refractivity contribution < 1.29 is 23.8 Å². The van der Waals surface area contributed by atoms with E-state index in [2.05, 4.69) is 15.6 Å². The summed E-state index contributed by atoms with van der Waals surface area (Å²) in [5, 5.41) is 5.89. The second kappa shape index (κ2) is 9.07. The molecule has 2 aliphatic rings. The largest absolute Gasteiger partial charge is 0.495 e. The number of benzene rings is 2. The molecule has 31 heavy (non-hydrogen) atoms. The molecular formula is C21H20ClN3O5S. The van der Waals surface area contributed by atoms with E-state index in [1.54, 1.807) is 30.3 Å². The summed E-state index contributed by atoms with van der Waals surface area (Å²) < 4.78 is 16.3. The number of amides is 2. The highest BCUT2D eigenvalue weighted by atomic mass is 35.5. The first-order valence-corrected chi connectivity index (χ1v) is 10.8. The Morgan fingerprint density at radius 1 is 1.29 bits per heavy atom. The van der Waals surface area contributed by atoms with Gasteiger partial charge in [-0.1, -0.05) is 23.4 Å². The summed E-state index contributed by atoms with van der Waals surface area (Å²) in [6.07, 6.45) is -0.0124. The third kappa shape index (κ3) is 4.88. The second-order valence-corrected chi connectivity index (χ2v) is 8.49. The minimum absolute atomic E-state index is 0.0124. The summed E-state index contributed by atoms with van der Waals surface area (Å²) in [4.78, 5) is 29.3. The Kier molecular flexibility index (Phi) is 6.24. The normalized spacial score (nSPS) is 18.6. The van der Waals surface area contributed by atoms with Gasteiger partial charge < -0.3 is 24.8 Å². The number of aliphatic imine (C=N–C) groups is 1. The van der Waals surface area contributed by atoms with Gasteiger partial charge in [-0.3, -0.25) is 9.59 Å². The molecule has 2 aromatic rings. The fourth-order valence-corrected chi connectivity index (χ4v) is 4.25. The van der Waals surface area contributed by atoms with Crippen LogP contribution in [0.1, 0.15) is 12.0 Å². The van der Waals surface area contributed by atoms with Crippen molar-refractivity contribution in [2.75, 3.05) is 25.6 Å². The lowest BCUT2D eigenvalue weighted by atomic mass is 10.2. The highest BCUT2D eigenvalue weighted by Crippen LogP contribution is 2.35. The molecule has 1 saturated heterocycles. The lowest BCUT2D eigenvalue weighted by Crippen LogP contribution is -2.28. The number of anilines is 1. The minimum atomic E-state index is -0.588. The van der Waals surface area contributed by atoms with Crippen molar-refractivity contribution in [3.63, 3.8) is 0 Å². The quantitative estimate of drug-likeness (QED) is 0.704. The molecule has 0 radical (unpaired) electrons. The van der Waals surface area contributed by atoms with Gasteiger partial charge in [-0.05, 0) is 30.7 Å². The van der Waals surface area contributed by atoms with Crippen LogP contribution in [0.5, 0.6) is 17.2 Å². The predicted octanol–water partition coefficient (Wildman–Crippen LogP) is 3.68. The van der Waals surface area contributed by atoms with Gasteiger partial charge >= 0.3 is 0 Å². The summed E-state index contributed by atoms with van der Waals surface area (Å²) >= 11 is 7.31. The van der Waals surface area contributed by atoms with Crippen LogP contribution >= 0.6 is 23.4 Å². The van der Waals surface area contributed by atoms with Crippen LogP contribution < -0.4 is 24.8 Å². The Morgan fingerprint density at radius 2 is 2.06 bits per heavy atom. The minimum Gasteiger partial charge on any atom is -0.495 e. The van der Waals surface area contributed by atoms with Crippen LogP contribution in [-0.2, 0) is 9.59 Å². The first-order valence-electron chi connectivity index (χ1n) is 9.53. The molecule has 0 saturated carbocycles. The van der Waals surface area contributed by atoms with E-state index >= 15 is 0 Å². The van der Waals surface area contributed by atoms with Crippen molar-refractivity contribution >= 4 is 51.7 Å². The number of hydrogen-bond acceptors (Lipinski definition) is 7. The van der Waals surface area contributed by atoms with Crippen LogP contribution in [0.4, 0.5) is 11.4 Å². The van der Waals surface area contributed by atoms with Crippen LogP contribution in [0.15, 0.2) is 35.3 Å². The fourth-order valence-electron chi connectivity index (χ4n) is 3.11. The van der Waals surface area contributed by atoms with Gasteiger partial charge in [0, 0.05) is 23.6 Å². The van der Waals surface area contributed by atoms with Crippen LogP contribution in [0.25, 0.3) is 0 Å². The van der Waals surface area contributed by atoms with Gasteiger partial charge in [-0.2, -0.15) is 0 Å². The smallest absolute Gasteiger partial charge is 0.240 e. The van der Waals surface area contributed by atoms with Gasteiger partial charge in [-0.15, -0.1) is 0 Å². The average molecular weight is 462 g/mol. The zero-order valence-electron chi connectivity index (χ0n) is 16.9. The summed E-state index contributed by atoms with van der Waals surface area (Å²) in [5.41, 5.74) is 1.93. The maximum absolute atomic E-state index is 12.5. The molecule has 1 fully saturated rings. The molecule has 0 bridgehead atoms. The number of methoxy groups -OCH3 is 1. The fraction of sp³-hybridized carbons (Fsp3) is 0.286. The molecule has 0 aliphatic carbocycles. The van der Waals surface area contributed by atoms with Crippen molar-refractivity contribution in [2.24, 2.45) is 4.99 Å². The number of ether oxygens (including phenoxy) is 3. The Balaban J connectivity index is 1.41. The molecule has 2 N–H and O–H groups in total. The van der Waals surface area contributed by atoms with Crippen molar-refractivity contribution in [3.05, 3.63) is 40.9 Å².